The monoisotopic (exact) mass is 838 g/mol. The molecule has 0 fully saturated rings. The molecule has 0 bridgehead atoms. The minimum absolute atomic E-state index is 1.09. The number of rotatable bonds is 7. The second kappa shape index (κ2) is 15.5. The van der Waals surface area contributed by atoms with Crippen molar-refractivity contribution in [2.45, 2.75) is 0 Å². The second-order valence-corrected chi connectivity index (χ2v) is 17.2. The molecule has 1 aromatic heterocycles. The Bertz CT molecular complexity index is 3960. The van der Waals surface area contributed by atoms with Gasteiger partial charge in [0.1, 0.15) is 0 Å². The highest BCUT2D eigenvalue weighted by molar-refractivity contribution is 6.22. The highest BCUT2D eigenvalue weighted by Gasteiger charge is 2.22. The van der Waals surface area contributed by atoms with Crippen molar-refractivity contribution in [1.29, 1.82) is 0 Å². The van der Waals surface area contributed by atoms with Crippen LogP contribution in [0.4, 0.5) is 17.1 Å². The van der Waals surface area contributed by atoms with Gasteiger partial charge in [-0.05, 0) is 132 Å². The Morgan fingerprint density at radius 2 is 0.758 bits per heavy atom. The molecular weight excluding hydrogens is 797 g/mol. The van der Waals surface area contributed by atoms with Gasteiger partial charge in [-0.3, -0.25) is 0 Å². The summed E-state index contributed by atoms with van der Waals surface area (Å²) in [4.78, 5) is 2.46. The minimum Gasteiger partial charge on any atom is -0.310 e. The van der Waals surface area contributed by atoms with Crippen molar-refractivity contribution < 1.29 is 0 Å². The van der Waals surface area contributed by atoms with Crippen LogP contribution in [0.1, 0.15) is 0 Å². The van der Waals surface area contributed by atoms with E-state index in [4.69, 9.17) is 0 Å². The molecule has 0 N–H and O–H groups in total. The number of aromatic nitrogens is 1. The zero-order chi connectivity index (χ0) is 43.6. The summed E-state index contributed by atoms with van der Waals surface area (Å²) in [5.41, 5.74) is 14.1. The highest BCUT2D eigenvalue weighted by Crippen LogP contribution is 2.47. The lowest BCUT2D eigenvalue weighted by Crippen LogP contribution is -2.10. The fraction of sp³-hybridized carbons (Fsp3) is 0. The molecular formula is C64H42N2. The molecule has 0 radical (unpaired) electrons. The van der Waals surface area contributed by atoms with Crippen LogP contribution < -0.4 is 4.90 Å². The third-order valence-electron chi connectivity index (χ3n) is 13.5. The Balaban J connectivity index is 1.02. The van der Waals surface area contributed by atoms with Gasteiger partial charge >= 0.3 is 0 Å². The summed E-state index contributed by atoms with van der Waals surface area (Å²) in [7, 11) is 0. The summed E-state index contributed by atoms with van der Waals surface area (Å²) in [6.45, 7) is 0. The van der Waals surface area contributed by atoms with Gasteiger partial charge in [0.25, 0.3) is 0 Å². The van der Waals surface area contributed by atoms with Crippen LogP contribution in [-0.2, 0) is 0 Å². The van der Waals surface area contributed by atoms with E-state index in [9.17, 15) is 0 Å². The molecule has 0 amide bonds. The molecule has 2 heteroatoms. The van der Waals surface area contributed by atoms with Gasteiger partial charge in [-0.25, -0.2) is 0 Å². The smallest absolute Gasteiger partial charge is 0.0546 e. The lowest BCUT2D eigenvalue weighted by Gasteiger charge is -2.28. The summed E-state index contributed by atoms with van der Waals surface area (Å²) >= 11 is 0. The topological polar surface area (TPSA) is 8.17 Å². The fourth-order valence-electron chi connectivity index (χ4n) is 10.6. The molecule has 308 valence electrons. The molecule has 0 aliphatic heterocycles. The quantitative estimate of drug-likeness (QED) is 0.145. The van der Waals surface area contributed by atoms with Crippen molar-refractivity contribution in [2.75, 3.05) is 4.90 Å². The van der Waals surface area contributed by atoms with E-state index in [2.05, 4.69) is 264 Å². The van der Waals surface area contributed by atoms with Crippen LogP contribution in [0.15, 0.2) is 255 Å². The molecule has 0 saturated carbocycles. The van der Waals surface area contributed by atoms with Crippen LogP contribution in [0, 0.1) is 0 Å². The molecule has 0 unspecified atom stereocenters. The summed E-state index contributed by atoms with van der Waals surface area (Å²) in [6.07, 6.45) is 0. The first-order valence-electron chi connectivity index (χ1n) is 22.8. The lowest BCUT2D eigenvalue weighted by atomic mass is 9.84. The van der Waals surface area contributed by atoms with E-state index < -0.39 is 0 Å². The van der Waals surface area contributed by atoms with Crippen LogP contribution in [0.2, 0.25) is 0 Å². The van der Waals surface area contributed by atoms with Gasteiger partial charge in [-0.15, -0.1) is 0 Å². The van der Waals surface area contributed by atoms with Crippen LogP contribution in [-0.4, -0.2) is 4.57 Å². The predicted octanol–water partition coefficient (Wildman–Crippen LogP) is 17.9. The molecule has 0 atom stereocenters. The Labute approximate surface area is 383 Å². The normalized spacial score (nSPS) is 11.6. The first-order chi connectivity index (χ1) is 32.8. The molecule has 66 heavy (non-hydrogen) atoms. The van der Waals surface area contributed by atoms with E-state index in [0.29, 0.717) is 0 Å². The molecule has 1 heterocycles. The number of hydrogen-bond donors (Lipinski definition) is 0. The van der Waals surface area contributed by atoms with Crippen molar-refractivity contribution >= 4 is 82.0 Å². The Kier molecular flexibility index (Phi) is 8.89. The molecule has 13 aromatic rings. The van der Waals surface area contributed by atoms with Gasteiger partial charge < -0.3 is 9.47 Å². The zero-order valence-corrected chi connectivity index (χ0v) is 36.1. The third kappa shape index (κ3) is 6.11. The summed E-state index contributed by atoms with van der Waals surface area (Å²) in [6, 6.07) is 93.3. The maximum absolute atomic E-state index is 2.46. The number of nitrogens with zero attached hydrogens (tertiary/aromatic N) is 2. The van der Waals surface area contributed by atoms with E-state index in [1.54, 1.807) is 0 Å². The predicted molar refractivity (Wildman–Crippen MR) is 282 cm³/mol. The van der Waals surface area contributed by atoms with Gasteiger partial charge in [0.05, 0.1) is 16.7 Å². The summed E-state index contributed by atoms with van der Waals surface area (Å²) in [5.74, 6) is 0. The number of fused-ring (bicyclic) bond motifs is 9. The zero-order valence-electron chi connectivity index (χ0n) is 36.1. The maximum Gasteiger partial charge on any atom is 0.0546 e. The van der Waals surface area contributed by atoms with E-state index in [0.717, 1.165) is 22.7 Å². The molecule has 13 rings (SSSR count). The standard InChI is InChI=1S/C64H42N2/c1-4-18-44(19-5-1)63-57-30-15-13-27-53(57)54-38-34-46(40-59(54)64(63)45-20-6-2-7-21-45)43-32-35-49(36-33-43)65(62-41-47-22-10-11-25-51(47)52-26-12-14-28-55(52)62)50-37-39-61-58(42-50)56-29-16-17-31-60(56)66(61)48-23-8-3-9-24-48/h1-42H. The highest BCUT2D eigenvalue weighted by atomic mass is 15.1. The van der Waals surface area contributed by atoms with Gasteiger partial charge in [0.2, 0.25) is 0 Å². The number of para-hydroxylation sites is 2. The summed E-state index contributed by atoms with van der Waals surface area (Å²) in [5, 5.41) is 12.4. The molecule has 0 saturated heterocycles. The Hall–Kier alpha value is -8.72. The average Bonchev–Trinajstić information content (AvgIpc) is 3.73. The molecule has 2 nitrogen and oxygen atoms in total. The van der Waals surface area contributed by atoms with E-state index in [1.807, 2.05) is 0 Å². The molecule has 12 aromatic carbocycles. The minimum atomic E-state index is 1.09. The van der Waals surface area contributed by atoms with E-state index in [1.165, 1.54) is 98.3 Å². The van der Waals surface area contributed by atoms with E-state index >= 15 is 0 Å². The first-order valence-corrected chi connectivity index (χ1v) is 22.8. The molecule has 0 aliphatic rings. The molecule has 0 aliphatic carbocycles. The van der Waals surface area contributed by atoms with Crippen molar-refractivity contribution in [1.82, 2.24) is 4.57 Å². The van der Waals surface area contributed by atoms with Gasteiger partial charge in [0.15, 0.2) is 0 Å². The van der Waals surface area contributed by atoms with Crippen LogP contribution >= 0.6 is 0 Å². The Morgan fingerprint density at radius 3 is 1.47 bits per heavy atom. The number of benzene rings is 12. The van der Waals surface area contributed by atoms with Crippen molar-refractivity contribution in [2.24, 2.45) is 0 Å². The SMILES string of the molecule is c1ccc(-c2c(-c3ccccc3)c3cc(-c4ccc(N(c5ccc6c(c5)c5ccccc5n6-c5ccccc5)c5cc6ccccc6c6ccccc56)cc4)ccc3c3ccccc23)cc1. The van der Waals surface area contributed by atoms with Crippen LogP contribution in [0.25, 0.3) is 104 Å². The van der Waals surface area contributed by atoms with Gasteiger partial charge in [-0.1, -0.05) is 194 Å². The molecule has 0 spiro atoms. The van der Waals surface area contributed by atoms with E-state index in [-0.39, 0.29) is 0 Å². The third-order valence-corrected chi connectivity index (χ3v) is 13.5. The maximum atomic E-state index is 2.46. The first kappa shape index (κ1) is 37.8. The fourth-order valence-corrected chi connectivity index (χ4v) is 10.6. The summed E-state index contributed by atoms with van der Waals surface area (Å²) < 4.78 is 2.39. The van der Waals surface area contributed by atoms with Crippen molar-refractivity contribution in [3.8, 4) is 39.1 Å². The van der Waals surface area contributed by atoms with Gasteiger partial charge in [-0.2, -0.15) is 0 Å². The van der Waals surface area contributed by atoms with Crippen molar-refractivity contribution in [3.05, 3.63) is 255 Å². The second-order valence-electron chi connectivity index (χ2n) is 17.2. The van der Waals surface area contributed by atoms with Crippen LogP contribution in [0.5, 0.6) is 0 Å². The van der Waals surface area contributed by atoms with Gasteiger partial charge in [0, 0.05) is 33.2 Å². The lowest BCUT2D eigenvalue weighted by molar-refractivity contribution is 1.18. The number of anilines is 3. The largest absolute Gasteiger partial charge is 0.310 e. The van der Waals surface area contributed by atoms with Crippen molar-refractivity contribution in [3.63, 3.8) is 0 Å². The average molecular weight is 839 g/mol. The Morgan fingerprint density at radius 1 is 0.258 bits per heavy atom. The van der Waals surface area contributed by atoms with Crippen LogP contribution in [0.3, 0.4) is 0 Å². The number of hydrogen-bond acceptors (Lipinski definition) is 1.